The van der Waals surface area contributed by atoms with Crippen LogP contribution < -0.4 is 5.32 Å². The van der Waals surface area contributed by atoms with Gasteiger partial charge >= 0.3 is 0 Å². The fraction of sp³-hybridized carbons (Fsp3) is 0.625. The molecular weight excluding hydrogens is 250 g/mol. The van der Waals surface area contributed by atoms with E-state index in [1.165, 1.54) is 12.8 Å². The van der Waals surface area contributed by atoms with E-state index in [4.69, 9.17) is 0 Å². The molecule has 1 aromatic heterocycles. The Morgan fingerprint density at radius 1 is 1.40 bits per heavy atom. The number of amides is 1. The van der Waals surface area contributed by atoms with Crippen molar-refractivity contribution >= 4 is 5.91 Å². The van der Waals surface area contributed by atoms with Gasteiger partial charge in [-0.3, -0.25) is 9.78 Å². The first-order valence-corrected chi connectivity index (χ1v) is 7.52. The van der Waals surface area contributed by atoms with Gasteiger partial charge in [-0.05, 0) is 57.3 Å². The zero-order valence-corrected chi connectivity index (χ0v) is 12.6. The van der Waals surface area contributed by atoms with Gasteiger partial charge in [-0.15, -0.1) is 0 Å². The summed E-state index contributed by atoms with van der Waals surface area (Å²) in [7, 11) is 1.87. The van der Waals surface area contributed by atoms with Crippen molar-refractivity contribution in [1.82, 2.24) is 15.2 Å². The number of nitrogens with one attached hydrogen (secondary N) is 1. The third-order valence-electron chi connectivity index (χ3n) is 4.00. The summed E-state index contributed by atoms with van der Waals surface area (Å²) in [5.74, 6) is 0.942. The first kappa shape index (κ1) is 15.0. The fourth-order valence-corrected chi connectivity index (χ4v) is 2.71. The van der Waals surface area contributed by atoms with E-state index in [0.29, 0.717) is 18.9 Å². The molecule has 4 heteroatoms. The largest absolute Gasteiger partial charge is 0.340 e. The molecule has 1 aliphatic heterocycles. The van der Waals surface area contributed by atoms with Crippen LogP contribution in [0.4, 0.5) is 0 Å². The highest BCUT2D eigenvalue weighted by atomic mass is 16.2. The fourth-order valence-electron chi connectivity index (χ4n) is 2.71. The molecule has 2 heterocycles. The monoisotopic (exact) mass is 275 g/mol. The van der Waals surface area contributed by atoms with Crippen molar-refractivity contribution in [3.8, 4) is 0 Å². The lowest BCUT2D eigenvalue weighted by Crippen LogP contribution is -2.30. The van der Waals surface area contributed by atoms with Gasteiger partial charge in [0.2, 0.25) is 5.91 Å². The van der Waals surface area contributed by atoms with E-state index in [9.17, 15) is 4.79 Å². The molecule has 1 N–H and O–H groups in total. The normalized spacial score (nSPS) is 16.1. The van der Waals surface area contributed by atoms with E-state index in [-0.39, 0.29) is 5.91 Å². The summed E-state index contributed by atoms with van der Waals surface area (Å²) >= 11 is 0. The number of aromatic nitrogens is 1. The summed E-state index contributed by atoms with van der Waals surface area (Å²) < 4.78 is 0. The molecular formula is C16H25N3O. The van der Waals surface area contributed by atoms with Crippen LogP contribution in [-0.2, 0) is 11.3 Å². The van der Waals surface area contributed by atoms with Crippen LogP contribution in [0.5, 0.6) is 0 Å². The zero-order chi connectivity index (χ0) is 14.4. The second-order valence-corrected chi connectivity index (χ2v) is 5.75. The molecule has 0 radical (unpaired) electrons. The van der Waals surface area contributed by atoms with Gasteiger partial charge in [-0.1, -0.05) is 6.07 Å². The van der Waals surface area contributed by atoms with Crippen LogP contribution in [0.15, 0.2) is 18.2 Å². The van der Waals surface area contributed by atoms with Crippen molar-refractivity contribution < 1.29 is 4.79 Å². The molecule has 1 saturated heterocycles. The predicted molar refractivity (Wildman–Crippen MR) is 80.3 cm³/mol. The molecule has 1 aromatic rings. The van der Waals surface area contributed by atoms with Crippen LogP contribution in [-0.4, -0.2) is 35.9 Å². The Labute approximate surface area is 121 Å². The van der Waals surface area contributed by atoms with Gasteiger partial charge in [0, 0.05) is 19.2 Å². The third-order valence-corrected chi connectivity index (χ3v) is 4.00. The number of hydrogen-bond acceptors (Lipinski definition) is 3. The van der Waals surface area contributed by atoms with Crippen LogP contribution in [0.2, 0.25) is 0 Å². The minimum Gasteiger partial charge on any atom is -0.340 e. The van der Waals surface area contributed by atoms with Crippen molar-refractivity contribution in [1.29, 1.82) is 0 Å². The molecule has 0 atom stereocenters. The second-order valence-electron chi connectivity index (χ2n) is 5.75. The van der Waals surface area contributed by atoms with E-state index in [2.05, 4.69) is 10.3 Å². The van der Waals surface area contributed by atoms with Gasteiger partial charge in [0.25, 0.3) is 0 Å². The molecule has 2 rings (SSSR count). The van der Waals surface area contributed by atoms with Crippen molar-refractivity contribution in [2.75, 3.05) is 20.1 Å². The highest BCUT2D eigenvalue weighted by Crippen LogP contribution is 2.18. The quantitative estimate of drug-likeness (QED) is 0.895. The summed E-state index contributed by atoms with van der Waals surface area (Å²) in [4.78, 5) is 18.4. The molecule has 0 unspecified atom stereocenters. The Bertz CT molecular complexity index is 441. The number of nitrogens with zero attached hydrogens (tertiary/aromatic N) is 2. The molecule has 4 nitrogen and oxygen atoms in total. The minimum atomic E-state index is 0.229. The van der Waals surface area contributed by atoms with Crippen LogP contribution in [0.1, 0.15) is 37.1 Å². The number of hydrogen-bond donors (Lipinski definition) is 1. The molecule has 0 saturated carbocycles. The Hall–Kier alpha value is -1.42. The van der Waals surface area contributed by atoms with Gasteiger partial charge in [0.05, 0.1) is 12.2 Å². The lowest BCUT2D eigenvalue weighted by molar-refractivity contribution is -0.130. The maximum absolute atomic E-state index is 12.2. The van der Waals surface area contributed by atoms with Gasteiger partial charge < -0.3 is 10.2 Å². The average molecular weight is 275 g/mol. The lowest BCUT2D eigenvalue weighted by atomic mass is 9.93. The number of rotatable bonds is 5. The number of piperidine rings is 1. The molecule has 20 heavy (non-hydrogen) atoms. The molecule has 1 fully saturated rings. The van der Waals surface area contributed by atoms with Gasteiger partial charge in [0.1, 0.15) is 0 Å². The zero-order valence-electron chi connectivity index (χ0n) is 12.6. The minimum absolute atomic E-state index is 0.229. The maximum Gasteiger partial charge on any atom is 0.222 e. The van der Waals surface area contributed by atoms with E-state index < -0.39 is 0 Å². The molecule has 1 amide bonds. The summed E-state index contributed by atoms with van der Waals surface area (Å²) in [6.07, 6.45) is 4.09. The van der Waals surface area contributed by atoms with E-state index in [0.717, 1.165) is 30.9 Å². The highest BCUT2D eigenvalue weighted by molar-refractivity contribution is 5.75. The molecule has 0 aromatic carbocycles. The van der Waals surface area contributed by atoms with Gasteiger partial charge in [-0.25, -0.2) is 0 Å². The van der Waals surface area contributed by atoms with E-state index in [1.807, 2.05) is 32.2 Å². The predicted octanol–water partition coefficient (Wildman–Crippen LogP) is 2.13. The Balaban J connectivity index is 1.76. The van der Waals surface area contributed by atoms with Crippen molar-refractivity contribution in [3.63, 3.8) is 0 Å². The highest BCUT2D eigenvalue weighted by Gasteiger charge is 2.16. The van der Waals surface area contributed by atoms with E-state index >= 15 is 0 Å². The average Bonchev–Trinajstić information content (AvgIpc) is 2.46. The Morgan fingerprint density at radius 2 is 2.15 bits per heavy atom. The molecule has 1 aliphatic rings. The number of carbonyl (C=O) groups excluding carboxylic acids is 1. The third kappa shape index (κ3) is 4.60. The van der Waals surface area contributed by atoms with Gasteiger partial charge in [-0.2, -0.15) is 0 Å². The smallest absolute Gasteiger partial charge is 0.222 e. The Morgan fingerprint density at radius 3 is 2.85 bits per heavy atom. The standard InChI is InChI=1S/C16H25N3O/c1-13-4-3-5-15(18-13)12-19(2)16(20)7-6-14-8-10-17-11-9-14/h3-5,14,17H,6-12H2,1-2H3. The van der Waals surface area contributed by atoms with Crippen LogP contribution in [0.3, 0.4) is 0 Å². The maximum atomic E-state index is 12.2. The van der Waals surface area contributed by atoms with Crippen molar-refractivity contribution in [2.24, 2.45) is 5.92 Å². The first-order chi connectivity index (χ1) is 9.65. The summed E-state index contributed by atoms with van der Waals surface area (Å²) in [6, 6.07) is 5.94. The number of aryl methyl sites for hydroxylation is 1. The first-order valence-electron chi connectivity index (χ1n) is 7.52. The van der Waals surface area contributed by atoms with Gasteiger partial charge in [0.15, 0.2) is 0 Å². The van der Waals surface area contributed by atoms with Crippen molar-refractivity contribution in [2.45, 2.75) is 39.2 Å². The summed E-state index contributed by atoms with van der Waals surface area (Å²) in [5, 5.41) is 3.36. The second kappa shape index (κ2) is 7.39. The molecule has 0 bridgehead atoms. The van der Waals surface area contributed by atoms with Crippen molar-refractivity contribution in [3.05, 3.63) is 29.6 Å². The SMILES string of the molecule is Cc1cccc(CN(C)C(=O)CCC2CCNCC2)n1. The van der Waals surface area contributed by atoms with Crippen LogP contribution in [0.25, 0.3) is 0 Å². The topological polar surface area (TPSA) is 45.2 Å². The molecule has 110 valence electrons. The number of pyridine rings is 1. The summed E-state index contributed by atoms with van der Waals surface area (Å²) in [5.41, 5.74) is 1.96. The number of carbonyl (C=O) groups is 1. The lowest BCUT2D eigenvalue weighted by Gasteiger charge is -2.23. The summed E-state index contributed by atoms with van der Waals surface area (Å²) in [6.45, 7) is 4.78. The Kier molecular flexibility index (Phi) is 5.53. The molecule has 0 spiro atoms. The van der Waals surface area contributed by atoms with Crippen LogP contribution in [0, 0.1) is 12.8 Å². The molecule has 0 aliphatic carbocycles. The van der Waals surface area contributed by atoms with E-state index in [1.54, 1.807) is 4.90 Å². The van der Waals surface area contributed by atoms with Crippen LogP contribution >= 0.6 is 0 Å².